The fraction of sp³-hybridized carbons (Fsp3) is 0.381. The standard InChI is InChI=1S/C21H27N3/c1-15-8-7-13-24-18(14-23(5)6)19(22-20(15)24)16-9-11-17(12-10-16)21(2,3)4/h7-13H,14H2,1-6H3. The number of pyridine rings is 1. The van der Waals surface area contributed by atoms with Gasteiger partial charge in [0.05, 0.1) is 11.4 Å². The van der Waals surface area contributed by atoms with Crippen molar-refractivity contribution in [2.45, 2.75) is 39.7 Å². The maximum atomic E-state index is 4.96. The summed E-state index contributed by atoms with van der Waals surface area (Å²) < 4.78 is 2.22. The molecule has 2 heterocycles. The molecule has 3 nitrogen and oxygen atoms in total. The SMILES string of the molecule is Cc1cccn2c(CN(C)C)c(-c3ccc(C(C)(C)C)cc3)nc12. The largest absolute Gasteiger partial charge is 0.304 e. The highest BCUT2D eigenvalue weighted by molar-refractivity contribution is 5.68. The molecule has 0 unspecified atom stereocenters. The smallest absolute Gasteiger partial charge is 0.140 e. The molecule has 1 aromatic carbocycles. The van der Waals surface area contributed by atoms with Crippen molar-refractivity contribution >= 4 is 5.65 Å². The van der Waals surface area contributed by atoms with Crippen LogP contribution < -0.4 is 0 Å². The first kappa shape index (κ1) is 16.7. The van der Waals surface area contributed by atoms with E-state index in [4.69, 9.17) is 4.98 Å². The third kappa shape index (κ3) is 3.09. The van der Waals surface area contributed by atoms with E-state index in [1.54, 1.807) is 0 Å². The van der Waals surface area contributed by atoms with Crippen LogP contribution in [0.15, 0.2) is 42.6 Å². The van der Waals surface area contributed by atoms with Crippen LogP contribution in [0, 0.1) is 6.92 Å². The number of hydrogen-bond acceptors (Lipinski definition) is 2. The molecule has 3 rings (SSSR count). The van der Waals surface area contributed by atoms with Crippen LogP contribution in [0.4, 0.5) is 0 Å². The number of hydrogen-bond donors (Lipinski definition) is 0. The zero-order valence-corrected chi connectivity index (χ0v) is 15.6. The topological polar surface area (TPSA) is 20.5 Å². The molecule has 0 radical (unpaired) electrons. The van der Waals surface area contributed by atoms with Crippen molar-refractivity contribution in [3.8, 4) is 11.3 Å². The molecule has 0 aliphatic carbocycles. The van der Waals surface area contributed by atoms with Gasteiger partial charge in [-0.1, -0.05) is 51.1 Å². The lowest BCUT2D eigenvalue weighted by atomic mass is 9.86. The van der Waals surface area contributed by atoms with Gasteiger partial charge in [-0.25, -0.2) is 4.98 Å². The highest BCUT2D eigenvalue weighted by Gasteiger charge is 2.17. The Morgan fingerprint density at radius 2 is 1.71 bits per heavy atom. The van der Waals surface area contributed by atoms with Gasteiger partial charge in [-0.3, -0.25) is 0 Å². The quantitative estimate of drug-likeness (QED) is 0.699. The molecule has 0 N–H and O–H groups in total. The van der Waals surface area contributed by atoms with E-state index in [9.17, 15) is 0 Å². The van der Waals surface area contributed by atoms with Gasteiger partial charge in [0, 0.05) is 18.3 Å². The van der Waals surface area contributed by atoms with Crippen molar-refractivity contribution in [2.24, 2.45) is 0 Å². The zero-order chi connectivity index (χ0) is 17.5. The van der Waals surface area contributed by atoms with Gasteiger partial charge in [-0.2, -0.15) is 0 Å². The summed E-state index contributed by atoms with van der Waals surface area (Å²) in [7, 11) is 4.20. The van der Waals surface area contributed by atoms with Gasteiger partial charge < -0.3 is 9.30 Å². The normalized spacial score (nSPS) is 12.3. The molecule has 0 spiro atoms. The first-order chi connectivity index (χ1) is 11.3. The second kappa shape index (κ2) is 6.06. The molecule has 0 bridgehead atoms. The van der Waals surface area contributed by atoms with E-state index in [2.05, 4.69) is 93.7 Å². The Balaban J connectivity index is 2.16. The summed E-state index contributed by atoms with van der Waals surface area (Å²) >= 11 is 0. The molecule has 0 amide bonds. The predicted octanol–water partition coefficient (Wildman–Crippen LogP) is 4.67. The third-order valence-corrected chi connectivity index (χ3v) is 4.43. The number of imidazole rings is 1. The van der Waals surface area contributed by atoms with Crippen LogP contribution in [0.25, 0.3) is 16.9 Å². The maximum Gasteiger partial charge on any atom is 0.140 e. The van der Waals surface area contributed by atoms with Crippen LogP contribution in [0.5, 0.6) is 0 Å². The van der Waals surface area contributed by atoms with Crippen LogP contribution >= 0.6 is 0 Å². The highest BCUT2D eigenvalue weighted by atomic mass is 15.1. The Kier molecular flexibility index (Phi) is 4.22. The van der Waals surface area contributed by atoms with E-state index in [0.717, 1.165) is 17.9 Å². The number of benzene rings is 1. The highest BCUT2D eigenvalue weighted by Crippen LogP contribution is 2.29. The number of rotatable bonds is 3. The molecule has 0 aliphatic rings. The molecule has 3 heteroatoms. The maximum absolute atomic E-state index is 4.96. The molecule has 2 aromatic heterocycles. The number of aryl methyl sites for hydroxylation is 1. The van der Waals surface area contributed by atoms with E-state index in [1.165, 1.54) is 22.4 Å². The summed E-state index contributed by atoms with van der Waals surface area (Å²) in [5, 5.41) is 0. The van der Waals surface area contributed by atoms with Crippen LogP contribution in [-0.4, -0.2) is 28.4 Å². The molecule has 0 fully saturated rings. The summed E-state index contributed by atoms with van der Waals surface area (Å²) in [6.07, 6.45) is 2.11. The predicted molar refractivity (Wildman–Crippen MR) is 101 cm³/mol. The van der Waals surface area contributed by atoms with Crippen molar-refractivity contribution in [3.63, 3.8) is 0 Å². The average molecular weight is 321 g/mol. The molecule has 0 saturated carbocycles. The third-order valence-electron chi connectivity index (χ3n) is 4.43. The second-order valence-electron chi connectivity index (χ2n) is 7.86. The minimum atomic E-state index is 0.167. The first-order valence-electron chi connectivity index (χ1n) is 8.49. The van der Waals surface area contributed by atoms with E-state index >= 15 is 0 Å². The number of nitrogens with zero attached hydrogens (tertiary/aromatic N) is 3. The van der Waals surface area contributed by atoms with Crippen LogP contribution in [0.2, 0.25) is 0 Å². The monoisotopic (exact) mass is 321 g/mol. The van der Waals surface area contributed by atoms with Gasteiger partial charge >= 0.3 is 0 Å². The minimum absolute atomic E-state index is 0.167. The molecule has 3 aromatic rings. The minimum Gasteiger partial charge on any atom is -0.304 e. The fourth-order valence-electron chi connectivity index (χ4n) is 3.06. The Hall–Kier alpha value is -2.13. The molecular formula is C21H27N3. The Morgan fingerprint density at radius 1 is 1.04 bits per heavy atom. The molecule has 126 valence electrons. The Labute approximate surface area is 145 Å². The zero-order valence-electron chi connectivity index (χ0n) is 15.6. The fourth-order valence-corrected chi connectivity index (χ4v) is 3.06. The van der Waals surface area contributed by atoms with Gasteiger partial charge in [0.15, 0.2) is 0 Å². The molecular weight excluding hydrogens is 294 g/mol. The molecule has 24 heavy (non-hydrogen) atoms. The summed E-state index contributed by atoms with van der Waals surface area (Å²) in [5.74, 6) is 0. The summed E-state index contributed by atoms with van der Waals surface area (Å²) in [4.78, 5) is 7.16. The van der Waals surface area contributed by atoms with Crippen LogP contribution in [0.3, 0.4) is 0 Å². The summed E-state index contributed by atoms with van der Waals surface area (Å²) in [5.41, 5.74) is 7.27. The van der Waals surface area contributed by atoms with Crippen LogP contribution in [0.1, 0.15) is 37.6 Å². The Bertz CT molecular complexity index is 849. The van der Waals surface area contributed by atoms with E-state index in [-0.39, 0.29) is 5.41 Å². The van der Waals surface area contributed by atoms with Crippen molar-refractivity contribution in [2.75, 3.05) is 14.1 Å². The van der Waals surface area contributed by atoms with Crippen molar-refractivity contribution in [1.29, 1.82) is 0 Å². The molecule has 0 saturated heterocycles. The summed E-state index contributed by atoms with van der Waals surface area (Å²) in [6.45, 7) is 9.71. The van der Waals surface area contributed by atoms with E-state index in [0.29, 0.717) is 0 Å². The average Bonchev–Trinajstić information content (AvgIpc) is 2.86. The van der Waals surface area contributed by atoms with Gasteiger partial charge in [0.2, 0.25) is 0 Å². The lowest BCUT2D eigenvalue weighted by molar-refractivity contribution is 0.396. The second-order valence-corrected chi connectivity index (χ2v) is 7.86. The lowest BCUT2D eigenvalue weighted by Gasteiger charge is -2.19. The number of fused-ring (bicyclic) bond motifs is 1. The lowest BCUT2D eigenvalue weighted by Crippen LogP contribution is -2.13. The van der Waals surface area contributed by atoms with Gasteiger partial charge in [-0.15, -0.1) is 0 Å². The van der Waals surface area contributed by atoms with Crippen molar-refractivity contribution < 1.29 is 0 Å². The summed E-state index contributed by atoms with van der Waals surface area (Å²) in [6, 6.07) is 13.1. The van der Waals surface area contributed by atoms with Gasteiger partial charge in [-0.05, 0) is 43.6 Å². The van der Waals surface area contributed by atoms with E-state index < -0.39 is 0 Å². The van der Waals surface area contributed by atoms with Crippen LogP contribution in [-0.2, 0) is 12.0 Å². The molecule has 0 atom stereocenters. The molecule has 0 aliphatic heterocycles. The van der Waals surface area contributed by atoms with Gasteiger partial charge in [0.1, 0.15) is 5.65 Å². The van der Waals surface area contributed by atoms with Crippen molar-refractivity contribution in [1.82, 2.24) is 14.3 Å². The van der Waals surface area contributed by atoms with E-state index in [1.807, 2.05) is 0 Å². The van der Waals surface area contributed by atoms with Crippen molar-refractivity contribution in [3.05, 3.63) is 59.4 Å². The first-order valence-corrected chi connectivity index (χ1v) is 8.49. The Morgan fingerprint density at radius 3 is 2.29 bits per heavy atom. The van der Waals surface area contributed by atoms with Gasteiger partial charge in [0.25, 0.3) is 0 Å². The number of aromatic nitrogens is 2.